The van der Waals surface area contributed by atoms with Gasteiger partial charge >= 0.3 is 11.9 Å². The van der Waals surface area contributed by atoms with Gasteiger partial charge in [0.25, 0.3) is 0 Å². The Morgan fingerprint density at radius 3 is 2.32 bits per heavy atom. The first-order valence-corrected chi connectivity index (χ1v) is 30.4. The molecule has 0 radical (unpaired) electrons. The fourth-order valence-electron chi connectivity index (χ4n) is 14.2. The maximum Gasteiger partial charge on any atom is 0.309 e. The first kappa shape index (κ1) is 64.6. The Bertz CT molecular complexity index is 2690. The molecule has 1 saturated carbocycles. The van der Waals surface area contributed by atoms with Crippen molar-refractivity contribution in [2.75, 3.05) is 13.2 Å². The van der Waals surface area contributed by atoms with E-state index in [4.69, 9.17) is 0 Å². The highest BCUT2D eigenvalue weighted by atomic mass is 16.4. The van der Waals surface area contributed by atoms with E-state index in [1.807, 2.05) is 56.3 Å². The maximum absolute atomic E-state index is 14.3. The van der Waals surface area contributed by atoms with E-state index < -0.39 is 95.5 Å². The van der Waals surface area contributed by atoms with Gasteiger partial charge in [0, 0.05) is 42.6 Å². The first-order valence-electron chi connectivity index (χ1n) is 30.4. The molecule has 0 spiro atoms. The molecule has 6 bridgehead atoms. The number of aryl methyl sites for hydroxylation is 1. The number of aromatic hydroxyl groups is 1. The predicted octanol–water partition coefficient (Wildman–Crippen LogP) is 7.32. The number of hydrogen-bond donors (Lipinski definition) is 13. The average molecular weight is 1140 g/mol. The topological polar surface area (TPSA) is 281 Å². The number of aliphatic hydroxyl groups is 8. The van der Waals surface area contributed by atoms with E-state index in [0.29, 0.717) is 79.2 Å². The number of fused-ring (bicyclic) bond motifs is 6. The predicted molar refractivity (Wildman–Crippen MR) is 316 cm³/mol. The second-order valence-electron chi connectivity index (χ2n) is 24.8. The van der Waals surface area contributed by atoms with Gasteiger partial charge in [-0.2, -0.15) is 0 Å². The van der Waals surface area contributed by atoms with Gasteiger partial charge in [-0.3, -0.25) is 9.59 Å². The normalized spacial score (nSPS) is 27.7. The van der Waals surface area contributed by atoms with Crippen LogP contribution < -0.4 is 10.6 Å². The van der Waals surface area contributed by atoms with Gasteiger partial charge in [-0.05, 0) is 179 Å². The number of unbranched alkanes of at least 4 members (excludes halogenated alkanes) is 1. The summed E-state index contributed by atoms with van der Waals surface area (Å²) in [6.07, 6.45) is 4.92. The number of carboxylic acid groups (broad SMARTS) is 2. The van der Waals surface area contributed by atoms with Crippen LogP contribution in [0.25, 0.3) is 0 Å². The van der Waals surface area contributed by atoms with E-state index in [0.717, 1.165) is 42.4 Å². The lowest BCUT2D eigenvalue weighted by atomic mass is 9.63. The number of aliphatic carboxylic acids is 2. The molecule has 2 fully saturated rings. The van der Waals surface area contributed by atoms with Crippen LogP contribution in [0.5, 0.6) is 5.75 Å². The molecule has 15 heteroatoms. The summed E-state index contributed by atoms with van der Waals surface area (Å²) in [5.41, 5.74) is 1.23. The summed E-state index contributed by atoms with van der Waals surface area (Å²) in [7, 11) is 0. The van der Waals surface area contributed by atoms with Crippen molar-refractivity contribution in [1.29, 1.82) is 0 Å². The van der Waals surface area contributed by atoms with Crippen LogP contribution in [0.3, 0.4) is 0 Å². The number of carboxylic acids is 2. The van der Waals surface area contributed by atoms with Crippen LogP contribution in [0.1, 0.15) is 176 Å². The van der Waals surface area contributed by atoms with Crippen LogP contribution >= 0.6 is 0 Å². The van der Waals surface area contributed by atoms with Crippen molar-refractivity contribution in [1.82, 2.24) is 10.6 Å². The number of rotatable bonds is 20. The number of phenolic OH excluding ortho intramolecular Hbond substituents is 1. The highest BCUT2D eigenvalue weighted by Gasteiger charge is 2.53. The lowest BCUT2D eigenvalue weighted by molar-refractivity contribution is -0.151. The molecule has 13 N–H and O–H groups in total. The van der Waals surface area contributed by atoms with Crippen molar-refractivity contribution in [2.45, 2.75) is 228 Å². The Labute approximate surface area is 485 Å². The van der Waals surface area contributed by atoms with Crippen LogP contribution in [0.15, 0.2) is 90.0 Å². The molecule has 4 aliphatic heterocycles. The molecule has 450 valence electrons. The Balaban J connectivity index is 1.59. The Morgan fingerprint density at radius 2 is 1.62 bits per heavy atom. The molecule has 5 aliphatic rings. The Morgan fingerprint density at radius 1 is 0.878 bits per heavy atom. The number of carbonyl (C=O) groups is 2. The minimum Gasteiger partial charge on any atom is -0.508 e. The molecule has 1 aliphatic carbocycles. The number of nitrogens with one attached hydrogen (secondary N) is 2. The number of aliphatic hydroxyl groups excluding tert-OH is 7. The van der Waals surface area contributed by atoms with Crippen molar-refractivity contribution >= 4 is 11.9 Å². The second-order valence-corrected chi connectivity index (χ2v) is 24.8. The number of hydrogen-bond acceptors (Lipinski definition) is 13. The molecule has 4 heterocycles. The van der Waals surface area contributed by atoms with Gasteiger partial charge in [-0.1, -0.05) is 112 Å². The molecule has 82 heavy (non-hydrogen) atoms. The molecular formula is C67H94N2O13. The zero-order chi connectivity index (χ0) is 59.2. The van der Waals surface area contributed by atoms with E-state index in [2.05, 4.69) is 22.5 Å². The molecular weight excluding hydrogens is 1040 g/mol. The quantitative estimate of drug-likeness (QED) is 0.0494. The van der Waals surface area contributed by atoms with Gasteiger partial charge in [0.05, 0.1) is 60.1 Å². The summed E-state index contributed by atoms with van der Waals surface area (Å²) in [5, 5.41) is 136. The number of allylic oxidation sites excluding steroid dienone is 2. The maximum atomic E-state index is 14.3. The summed E-state index contributed by atoms with van der Waals surface area (Å²) >= 11 is 0. The van der Waals surface area contributed by atoms with E-state index in [1.54, 1.807) is 43.3 Å². The van der Waals surface area contributed by atoms with E-state index in [1.165, 1.54) is 0 Å². The van der Waals surface area contributed by atoms with Crippen molar-refractivity contribution in [3.8, 4) is 17.6 Å². The lowest BCUT2D eigenvalue weighted by Crippen LogP contribution is -2.67. The molecule has 1 saturated heterocycles. The monoisotopic (exact) mass is 1130 g/mol. The van der Waals surface area contributed by atoms with E-state index >= 15 is 0 Å². The van der Waals surface area contributed by atoms with Crippen molar-refractivity contribution in [3.63, 3.8) is 0 Å². The smallest absolute Gasteiger partial charge is 0.309 e. The van der Waals surface area contributed by atoms with Gasteiger partial charge in [0.2, 0.25) is 0 Å². The van der Waals surface area contributed by atoms with E-state index in [9.17, 15) is 65.8 Å². The highest BCUT2D eigenvalue weighted by Crippen LogP contribution is 2.47. The standard InChI is InChI=1S/C67H94N2O13/c1-4-5-17-58(74)59(75)30-25-47-22-21-46-14-8-7-13-45(46)15-11-34-67(65(3,82)56(16-12-35-70)48-23-26-51(72)27-24-48)40-44-19-20-49(50(36-44)41-66(64(80)81)32-9-6-10-33-66)37-61(77)53-28-18-43(2)68-63(55(53)39-62(78)79)60(76)31-29-57(69-67)54(47)38-52(73)42-71/h7-8,13-14,19-20,23-27,30,36,43,52-53,55-61,63,68-77,82H,4-6,9-10,12,16-18,21-22,28-29,31-35,37-42H2,1-3H3,(H,78,79)(H,80,81). The summed E-state index contributed by atoms with van der Waals surface area (Å²) < 4.78 is 0. The van der Waals surface area contributed by atoms with Crippen LogP contribution in [-0.2, 0) is 35.3 Å². The van der Waals surface area contributed by atoms with Crippen LogP contribution in [0.2, 0.25) is 0 Å². The minimum atomic E-state index is -1.85. The molecule has 13 atom stereocenters. The summed E-state index contributed by atoms with van der Waals surface area (Å²) in [6, 6.07) is 18.4. The lowest BCUT2D eigenvalue weighted by Gasteiger charge is -2.52. The second kappa shape index (κ2) is 29.7. The zero-order valence-corrected chi connectivity index (χ0v) is 48.6. The number of benzene rings is 3. The highest BCUT2D eigenvalue weighted by molar-refractivity contribution is 5.75. The Hall–Kier alpha value is -4.96. The Kier molecular flexibility index (Phi) is 23.4. The molecule has 13 unspecified atom stereocenters. The summed E-state index contributed by atoms with van der Waals surface area (Å²) in [5.74, 6) is 2.96. The molecule has 3 aromatic rings. The van der Waals surface area contributed by atoms with Crippen molar-refractivity contribution < 1.29 is 65.8 Å². The molecule has 0 amide bonds. The van der Waals surface area contributed by atoms with Crippen molar-refractivity contribution in [3.05, 3.63) is 123 Å². The van der Waals surface area contributed by atoms with Crippen LogP contribution in [0.4, 0.5) is 0 Å². The van der Waals surface area contributed by atoms with Crippen LogP contribution in [-0.4, -0.2) is 141 Å². The van der Waals surface area contributed by atoms with E-state index in [-0.39, 0.29) is 82.6 Å². The molecule has 3 aromatic carbocycles. The fourth-order valence-corrected chi connectivity index (χ4v) is 14.2. The third kappa shape index (κ3) is 16.1. The largest absolute Gasteiger partial charge is 0.508 e. The summed E-state index contributed by atoms with van der Waals surface area (Å²) in [4.78, 5) is 26.6. The zero-order valence-electron chi connectivity index (χ0n) is 48.6. The number of phenols is 1. The molecule has 8 rings (SSSR count). The van der Waals surface area contributed by atoms with Gasteiger partial charge < -0.3 is 66.8 Å². The average Bonchev–Trinajstić information content (AvgIpc) is 2.00. The third-order valence-electron chi connectivity index (χ3n) is 19.1. The van der Waals surface area contributed by atoms with Crippen LogP contribution in [0, 0.1) is 29.1 Å². The van der Waals surface area contributed by atoms with Gasteiger partial charge in [-0.25, -0.2) is 0 Å². The van der Waals surface area contributed by atoms with Gasteiger partial charge in [0.1, 0.15) is 5.75 Å². The fraction of sp³-hybridized carbons (Fsp3) is 0.612. The van der Waals surface area contributed by atoms with Gasteiger partial charge in [-0.15, -0.1) is 0 Å². The summed E-state index contributed by atoms with van der Waals surface area (Å²) in [6.45, 7) is 4.93. The molecule has 0 aromatic heterocycles. The third-order valence-corrected chi connectivity index (χ3v) is 19.1. The minimum absolute atomic E-state index is 0.0181. The van der Waals surface area contributed by atoms with Gasteiger partial charge in [0.15, 0.2) is 0 Å². The SMILES string of the molecule is CCCCC(O)C(O)C=CC1=C(CC(O)CO)C2CCC(O)C3NC(C)CCC(C(O)Cc4ccc(cc4CC4(C(=O)O)CCCCC4)CC(C(C)(O)C(CCCO)c4ccc(O)cc4)(CC#Cc4ccccc4CC1)N2)C3CC(=O)O. The van der Waals surface area contributed by atoms with Crippen molar-refractivity contribution in [2.24, 2.45) is 17.3 Å². The first-order chi connectivity index (χ1) is 39.2. The molecule has 15 nitrogen and oxygen atoms in total.